The lowest BCUT2D eigenvalue weighted by Crippen LogP contribution is -1.98. The van der Waals surface area contributed by atoms with Crippen molar-refractivity contribution in [3.8, 4) is 11.6 Å². The van der Waals surface area contributed by atoms with E-state index < -0.39 is 22.2 Å². The molecule has 0 N–H and O–H groups in total. The highest BCUT2D eigenvalue weighted by molar-refractivity contribution is 6.30. The van der Waals surface area contributed by atoms with Crippen LogP contribution in [0.3, 0.4) is 0 Å². The Balaban J connectivity index is 2.46. The summed E-state index contributed by atoms with van der Waals surface area (Å²) in [6.45, 7) is 0. The molecular formula is C10H5ClFN3O3. The summed E-state index contributed by atoms with van der Waals surface area (Å²) in [5, 5.41) is 10.6. The van der Waals surface area contributed by atoms with Crippen molar-refractivity contribution in [2.45, 2.75) is 0 Å². The molecule has 2 aromatic rings. The number of rotatable bonds is 3. The minimum Gasteiger partial charge on any atom is -0.426 e. The first kappa shape index (κ1) is 12.2. The highest BCUT2D eigenvalue weighted by Crippen LogP contribution is 2.34. The zero-order valence-corrected chi connectivity index (χ0v) is 9.46. The molecular weight excluding hydrogens is 265 g/mol. The van der Waals surface area contributed by atoms with E-state index in [2.05, 4.69) is 9.97 Å². The smallest absolute Gasteiger partial charge is 0.314 e. The number of nitro benzene ring substituents is 1. The Labute approximate surface area is 105 Å². The van der Waals surface area contributed by atoms with Crippen molar-refractivity contribution < 1.29 is 14.1 Å². The number of para-hydroxylation sites is 1. The summed E-state index contributed by atoms with van der Waals surface area (Å²) in [6.07, 6.45) is 2.58. The fourth-order valence-corrected chi connectivity index (χ4v) is 1.36. The molecule has 0 saturated carbocycles. The van der Waals surface area contributed by atoms with Crippen LogP contribution in [0, 0.1) is 15.9 Å². The fourth-order valence-electron chi connectivity index (χ4n) is 1.22. The van der Waals surface area contributed by atoms with Crippen LogP contribution in [0.2, 0.25) is 5.15 Å². The summed E-state index contributed by atoms with van der Waals surface area (Å²) >= 11 is 5.67. The maximum Gasteiger partial charge on any atom is 0.314 e. The number of hydrogen-bond acceptors (Lipinski definition) is 5. The Bertz CT molecular complexity index is 609. The first-order valence-electron chi connectivity index (χ1n) is 4.67. The van der Waals surface area contributed by atoms with E-state index in [1.165, 1.54) is 18.5 Å². The van der Waals surface area contributed by atoms with E-state index in [0.29, 0.717) is 0 Å². The molecule has 0 atom stereocenters. The number of hydrogen-bond donors (Lipinski definition) is 0. The van der Waals surface area contributed by atoms with Gasteiger partial charge < -0.3 is 4.74 Å². The van der Waals surface area contributed by atoms with Crippen LogP contribution in [0.15, 0.2) is 30.6 Å². The summed E-state index contributed by atoms with van der Waals surface area (Å²) in [5.74, 6) is -1.64. The largest absolute Gasteiger partial charge is 0.426 e. The van der Waals surface area contributed by atoms with E-state index in [-0.39, 0.29) is 11.0 Å². The second kappa shape index (κ2) is 4.92. The molecule has 0 radical (unpaired) electrons. The molecule has 1 aromatic heterocycles. The summed E-state index contributed by atoms with van der Waals surface area (Å²) in [6, 6.07) is 3.36. The lowest BCUT2D eigenvalue weighted by Gasteiger charge is -2.06. The van der Waals surface area contributed by atoms with Gasteiger partial charge >= 0.3 is 5.69 Å². The van der Waals surface area contributed by atoms with Gasteiger partial charge in [-0.25, -0.2) is 14.4 Å². The quantitative estimate of drug-likeness (QED) is 0.632. The molecule has 18 heavy (non-hydrogen) atoms. The third kappa shape index (κ3) is 2.35. The maximum absolute atomic E-state index is 13.5. The Hall–Kier alpha value is -2.28. The van der Waals surface area contributed by atoms with Gasteiger partial charge in [-0.05, 0) is 6.07 Å². The lowest BCUT2D eigenvalue weighted by molar-refractivity contribution is -0.385. The number of aromatic nitrogens is 2. The van der Waals surface area contributed by atoms with E-state index in [1.54, 1.807) is 0 Å². The van der Waals surface area contributed by atoms with Crippen molar-refractivity contribution >= 4 is 17.3 Å². The zero-order chi connectivity index (χ0) is 13.1. The average molecular weight is 270 g/mol. The normalized spacial score (nSPS) is 10.1. The van der Waals surface area contributed by atoms with Crippen molar-refractivity contribution in [3.05, 3.63) is 51.7 Å². The average Bonchev–Trinajstić information content (AvgIpc) is 2.34. The van der Waals surface area contributed by atoms with Gasteiger partial charge in [-0.1, -0.05) is 17.7 Å². The van der Waals surface area contributed by atoms with E-state index >= 15 is 0 Å². The Kier molecular flexibility index (Phi) is 3.33. The summed E-state index contributed by atoms with van der Waals surface area (Å²) in [7, 11) is 0. The minimum absolute atomic E-state index is 0.116. The molecule has 8 heteroatoms. The van der Waals surface area contributed by atoms with Crippen LogP contribution in [0.25, 0.3) is 0 Å². The molecule has 1 heterocycles. The Morgan fingerprint density at radius 1 is 1.33 bits per heavy atom. The van der Waals surface area contributed by atoms with Gasteiger partial charge in [-0.3, -0.25) is 10.1 Å². The molecule has 2 rings (SSSR count). The van der Waals surface area contributed by atoms with Gasteiger partial charge in [0, 0.05) is 18.5 Å². The van der Waals surface area contributed by atoms with Crippen LogP contribution in [-0.2, 0) is 0 Å². The molecule has 0 aliphatic heterocycles. The Morgan fingerprint density at radius 3 is 2.72 bits per heavy atom. The molecule has 0 fully saturated rings. The second-order valence-electron chi connectivity index (χ2n) is 3.10. The fraction of sp³-hybridized carbons (Fsp3) is 0. The lowest BCUT2D eigenvalue weighted by atomic mass is 10.3. The molecule has 0 saturated heterocycles. The third-order valence-corrected chi connectivity index (χ3v) is 2.22. The standard InChI is InChI=1S/C10H5ClFN3O3/c11-9-10(14-5-4-13-9)18-8-6(12)2-1-3-7(8)15(16)17/h1-5H. The summed E-state index contributed by atoms with van der Waals surface area (Å²) < 4.78 is 18.5. The monoisotopic (exact) mass is 269 g/mol. The topological polar surface area (TPSA) is 78.2 Å². The van der Waals surface area contributed by atoms with Crippen LogP contribution >= 0.6 is 11.6 Å². The molecule has 0 amide bonds. The number of halogens is 2. The van der Waals surface area contributed by atoms with Gasteiger partial charge in [0.1, 0.15) is 0 Å². The molecule has 0 spiro atoms. The maximum atomic E-state index is 13.5. The molecule has 0 aliphatic rings. The van der Waals surface area contributed by atoms with Crippen LogP contribution in [0.1, 0.15) is 0 Å². The summed E-state index contributed by atoms with van der Waals surface area (Å²) in [4.78, 5) is 17.4. The highest BCUT2D eigenvalue weighted by Gasteiger charge is 2.21. The van der Waals surface area contributed by atoms with Crippen LogP contribution in [-0.4, -0.2) is 14.9 Å². The first-order valence-corrected chi connectivity index (χ1v) is 5.04. The molecule has 92 valence electrons. The van der Waals surface area contributed by atoms with Crippen molar-refractivity contribution in [1.82, 2.24) is 9.97 Å². The number of nitrogens with zero attached hydrogens (tertiary/aromatic N) is 3. The van der Waals surface area contributed by atoms with Gasteiger partial charge in [0.25, 0.3) is 5.88 Å². The second-order valence-corrected chi connectivity index (χ2v) is 3.46. The van der Waals surface area contributed by atoms with Gasteiger partial charge in [0.15, 0.2) is 11.0 Å². The predicted molar refractivity (Wildman–Crippen MR) is 60.2 cm³/mol. The van der Waals surface area contributed by atoms with E-state index in [9.17, 15) is 14.5 Å². The van der Waals surface area contributed by atoms with Crippen molar-refractivity contribution in [2.75, 3.05) is 0 Å². The van der Waals surface area contributed by atoms with E-state index in [0.717, 1.165) is 12.1 Å². The first-order chi connectivity index (χ1) is 8.59. The van der Waals surface area contributed by atoms with Crippen LogP contribution < -0.4 is 4.74 Å². The molecule has 6 nitrogen and oxygen atoms in total. The van der Waals surface area contributed by atoms with Gasteiger partial charge in [-0.2, -0.15) is 0 Å². The molecule has 0 bridgehead atoms. The predicted octanol–water partition coefficient (Wildman–Crippen LogP) is 2.97. The molecule has 0 aliphatic carbocycles. The summed E-state index contributed by atoms with van der Waals surface area (Å²) in [5.41, 5.74) is -0.517. The third-order valence-electron chi connectivity index (χ3n) is 1.96. The number of benzene rings is 1. The van der Waals surface area contributed by atoms with Crippen molar-refractivity contribution in [2.24, 2.45) is 0 Å². The van der Waals surface area contributed by atoms with Gasteiger partial charge in [-0.15, -0.1) is 0 Å². The minimum atomic E-state index is -0.883. The Morgan fingerprint density at radius 2 is 2.06 bits per heavy atom. The number of ether oxygens (including phenoxy) is 1. The highest BCUT2D eigenvalue weighted by atomic mass is 35.5. The van der Waals surface area contributed by atoms with E-state index in [1.807, 2.05) is 0 Å². The van der Waals surface area contributed by atoms with Crippen LogP contribution in [0.4, 0.5) is 10.1 Å². The molecule has 1 aromatic carbocycles. The van der Waals surface area contributed by atoms with Crippen molar-refractivity contribution in [1.29, 1.82) is 0 Å². The molecule has 0 unspecified atom stereocenters. The van der Waals surface area contributed by atoms with Crippen LogP contribution in [0.5, 0.6) is 11.6 Å². The van der Waals surface area contributed by atoms with Gasteiger partial charge in [0.2, 0.25) is 5.75 Å². The zero-order valence-electron chi connectivity index (χ0n) is 8.71. The van der Waals surface area contributed by atoms with Gasteiger partial charge in [0.05, 0.1) is 4.92 Å². The SMILES string of the molecule is O=[N+]([O-])c1cccc(F)c1Oc1nccnc1Cl. The number of nitro groups is 1. The van der Waals surface area contributed by atoms with Crippen molar-refractivity contribution in [3.63, 3.8) is 0 Å². The van der Waals surface area contributed by atoms with E-state index in [4.69, 9.17) is 16.3 Å².